The molecular formula is C11H13BrN2O3. The molecule has 0 aliphatic rings. The summed E-state index contributed by atoms with van der Waals surface area (Å²) in [7, 11) is 0. The molecular weight excluding hydrogens is 288 g/mol. The van der Waals surface area contributed by atoms with E-state index in [4.69, 9.17) is 5.11 Å². The van der Waals surface area contributed by atoms with Crippen molar-refractivity contribution in [3.8, 4) is 0 Å². The molecule has 0 fully saturated rings. The molecule has 2 amide bonds. The van der Waals surface area contributed by atoms with Crippen molar-refractivity contribution in [3.63, 3.8) is 0 Å². The fourth-order valence-electron chi connectivity index (χ4n) is 1.15. The fourth-order valence-corrected chi connectivity index (χ4v) is 1.50. The summed E-state index contributed by atoms with van der Waals surface area (Å²) in [5.41, 5.74) is 1.59. The van der Waals surface area contributed by atoms with Gasteiger partial charge < -0.3 is 15.7 Å². The number of rotatable bonds is 3. The van der Waals surface area contributed by atoms with Crippen molar-refractivity contribution in [1.29, 1.82) is 0 Å². The first-order valence-electron chi connectivity index (χ1n) is 4.96. The third-order valence-corrected chi connectivity index (χ3v) is 2.78. The lowest BCUT2D eigenvalue weighted by molar-refractivity contribution is -0.138. The minimum Gasteiger partial charge on any atom is -0.480 e. The molecule has 0 aliphatic heterocycles. The second-order valence-corrected chi connectivity index (χ2v) is 4.50. The summed E-state index contributed by atoms with van der Waals surface area (Å²) < 4.78 is 0.737. The molecule has 3 N–H and O–H groups in total. The normalized spacial score (nSPS) is 11.7. The van der Waals surface area contributed by atoms with Crippen molar-refractivity contribution in [3.05, 3.63) is 28.2 Å². The van der Waals surface area contributed by atoms with E-state index in [-0.39, 0.29) is 0 Å². The van der Waals surface area contributed by atoms with E-state index in [9.17, 15) is 9.59 Å². The zero-order valence-corrected chi connectivity index (χ0v) is 11.0. The first-order chi connectivity index (χ1) is 7.90. The van der Waals surface area contributed by atoms with Crippen LogP contribution in [-0.4, -0.2) is 23.1 Å². The van der Waals surface area contributed by atoms with E-state index >= 15 is 0 Å². The molecule has 1 aromatic carbocycles. The molecule has 17 heavy (non-hydrogen) atoms. The van der Waals surface area contributed by atoms with Crippen LogP contribution in [0, 0.1) is 6.92 Å². The average molecular weight is 301 g/mol. The number of carboxylic acids is 1. The zero-order valence-electron chi connectivity index (χ0n) is 9.45. The van der Waals surface area contributed by atoms with Gasteiger partial charge >= 0.3 is 12.0 Å². The number of anilines is 1. The lowest BCUT2D eigenvalue weighted by Gasteiger charge is -2.12. The van der Waals surface area contributed by atoms with Crippen LogP contribution in [0.2, 0.25) is 0 Å². The molecule has 5 nitrogen and oxygen atoms in total. The maximum absolute atomic E-state index is 11.5. The molecule has 1 aromatic rings. The number of benzene rings is 1. The second-order valence-electron chi connectivity index (χ2n) is 3.64. The molecule has 0 heterocycles. The van der Waals surface area contributed by atoms with Gasteiger partial charge in [0, 0.05) is 4.47 Å². The largest absolute Gasteiger partial charge is 0.480 e. The Hall–Kier alpha value is -1.56. The SMILES string of the molecule is Cc1ccc(Br)c(NC(=O)NC(C)C(=O)O)c1. The van der Waals surface area contributed by atoms with E-state index in [1.807, 2.05) is 19.1 Å². The first-order valence-corrected chi connectivity index (χ1v) is 5.76. The van der Waals surface area contributed by atoms with Crippen LogP contribution in [0.5, 0.6) is 0 Å². The van der Waals surface area contributed by atoms with Crippen LogP contribution in [0.3, 0.4) is 0 Å². The Morgan fingerprint density at radius 1 is 1.41 bits per heavy atom. The first kappa shape index (κ1) is 13.5. The minimum atomic E-state index is -1.08. The van der Waals surface area contributed by atoms with Crippen molar-refractivity contribution >= 4 is 33.6 Å². The number of hydrogen-bond acceptors (Lipinski definition) is 2. The third kappa shape index (κ3) is 4.07. The summed E-state index contributed by atoms with van der Waals surface area (Å²) in [6, 6.07) is 4.01. The maximum Gasteiger partial charge on any atom is 0.325 e. The molecule has 1 unspecified atom stereocenters. The van der Waals surface area contributed by atoms with Gasteiger partial charge in [-0.1, -0.05) is 6.07 Å². The van der Waals surface area contributed by atoms with Gasteiger partial charge in [0.2, 0.25) is 0 Å². The van der Waals surface area contributed by atoms with Gasteiger partial charge in [-0.3, -0.25) is 4.79 Å². The Balaban J connectivity index is 2.68. The molecule has 0 aromatic heterocycles. The number of aryl methyl sites for hydroxylation is 1. The Kier molecular flexibility index (Phi) is 4.51. The highest BCUT2D eigenvalue weighted by Gasteiger charge is 2.14. The number of amides is 2. The number of aliphatic carboxylic acids is 1. The van der Waals surface area contributed by atoms with E-state index < -0.39 is 18.0 Å². The molecule has 0 spiro atoms. The Morgan fingerprint density at radius 2 is 2.06 bits per heavy atom. The van der Waals surface area contributed by atoms with Gasteiger partial charge in [-0.2, -0.15) is 0 Å². The Morgan fingerprint density at radius 3 is 2.65 bits per heavy atom. The second kappa shape index (κ2) is 5.67. The molecule has 6 heteroatoms. The van der Waals surface area contributed by atoms with Crippen LogP contribution in [0.1, 0.15) is 12.5 Å². The number of carboxylic acid groups (broad SMARTS) is 1. The Bertz CT molecular complexity index is 448. The molecule has 0 saturated heterocycles. The van der Waals surface area contributed by atoms with Crippen molar-refractivity contribution < 1.29 is 14.7 Å². The highest BCUT2D eigenvalue weighted by molar-refractivity contribution is 9.10. The predicted octanol–water partition coefficient (Wildman–Crippen LogP) is 2.35. The number of halogens is 1. The number of carbonyl (C=O) groups excluding carboxylic acids is 1. The van der Waals surface area contributed by atoms with Crippen LogP contribution < -0.4 is 10.6 Å². The highest BCUT2D eigenvalue weighted by atomic mass is 79.9. The van der Waals surface area contributed by atoms with Crippen LogP contribution in [0.25, 0.3) is 0 Å². The average Bonchev–Trinajstić information content (AvgIpc) is 2.23. The molecule has 1 atom stereocenters. The molecule has 0 aliphatic carbocycles. The van der Waals surface area contributed by atoms with E-state index in [1.165, 1.54) is 6.92 Å². The number of carbonyl (C=O) groups is 2. The molecule has 0 bridgehead atoms. The maximum atomic E-state index is 11.5. The van der Waals surface area contributed by atoms with E-state index in [0.29, 0.717) is 5.69 Å². The van der Waals surface area contributed by atoms with Crippen molar-refractivity contribution in [2.24, 2.45) is 0 Å². The van der Waals surface area contributed by atoms with Crippen molar-refractivity contribution in [2.45, 2.75) is 19.9 Å². The monoisotopic (exact) mass is 300 g/mol. The number of urea groups is 1. The summed E-state index contributed by atoms with van der Waals surface area (Å²) in [5, 5.41) is 13.5. The molecule has 1 rings (SSSR count). The highest BCUT2D eigenvalue weighted by Crippen LogP contribution is 2.23. The summed E-state index contributed by atoms with van der Waals surface area (Å²) in [4.78, 5) is 22.0. The van der Waals surface area contributed by atoms with Crippen LogP contribution in [-0.2, 0) is 4.79 Å². The van der Waals surface area contributed by atoms with Gasteiger partial charge in [0.15, 0.2) is 0 Å². The van der Waals surface area contributed by atoms with E-state index in [2.05, 4.69) is 26.6 Å². The van der Waals surface area contributed by atoms with Gasteiger partial charge in [0.1, 0.15) is 6.04 Å². The summed E-state index contributed by atoms with van der Waals surface area (Å²) >= 11 is 3.30. The van der Waals surface area contributed by atoms with Gasteiger partial charge in [-0.25, -0.2) is 4.79 Å². The topological polar surface area (TPSA) is 78.4 Å². The standard InChI is InChI=1S/C11H13BrN2O3/c1-6-3-4-8(12)9(5-6)14-11(17)13-7(2)10(15)16/h3-5,7H,1-2H3,(H,15,16)(H2,13,14,17). The van der Waals surface area contributed by atoms with Crippen LogP contribution >= 0.6 is 15.9 Å². The predicted molar refractivity (Wildman–Crippen MR) is 68.1 cm³/mol. The number of hydrogen-bond donors (Lipinski definition) is 3. The van der Waals surface area contributed by atoms with E-state index in [0.717, 1.165) is 10.0 Å². The van der Waals surface area contributed by atoms with Crippen molar-refractivity contribution in [2.75, 3.05) is 5.32 Å². The number of nitrogens with one attached hydrogen (secondary N) is 2. The quantitative estimate of drug-likeness (QED) is 0.802. The summed E-state index contributed by atoms with van der Waals surface area (Å²) in [5.74, 6) is -1.08. The zero-order chi connectivity index (χ0) is 13.0. The Labute approximate surface area is 107 Å². The van der Waals surface area contributed by atoms with Crippen molar-refractivity contribution in [1.82, 2.24) is 5.32 Å². The molecule has 0 saturated carbocycles. The summed E-state index contributed by atoms with van der Waals surface area (Å²) in [6.45, 7) is 3.29. The lowest BCUT2D eigenvalue weighted by Crippen LogP contribution is -2.40. The summed E-state index contributed by atoms with van der Waals surface area (Å²) in [6.07, 6.45) is 0. The van der Waals surface area contributed by atoms with Gasteiger partial charge in [0.25, 0.3) is 0 Å². The molecule has 92 valence electrons. The van der Waals surface area contributed by atoms with E-state index in [1.54, 1.807) is 6.07 Å². The minimum absolute atomic E-state index is 0.550. The smallest absolute Gasteiger partial charge is 0.325 e. The van der Waals surface area contributed by atoms with Gasteiger partial charge in [0.05, 0.1) is 5.69 Å². The fraction of sp³-hybridized carbons (Fsp3) is 0.273. The molecule has 0 radical (unpaired) electrons. The van der Waals surface area contributed by atoms with Crippen LogP contribution in [0.4, 0.5) is 10.5 Å². The van der Waals surface area contributed by atoms with Gasteiger partial charge in [-0.05, 0) is 47.5 Å². The van der Waals surface area contributed by atoms with Crippen LogP contribution in [0.15, 0.2) is 22.7 Å². The lowest BCUT2D eigenvalue weighted by atomic mass is 10.2. The third-order valence-electron chi connectivity index (χ3n) is 2.09. The van der Waals surface area contributed by atoms with Gasteiger partial charge in [-0.15, -0.1) is 0 Å².